The molecular weight excluding hydrogens is 285 g/mol. The average Bonchev–Trinajstić information content (AvgIpc) is 2.42. The van der Waals surface area contributed by atoms with Crippen LogP contribution in [0.4, 0.5) is 10.2 Å². The van der Waals surface area contributed by atoms with Crippen LogP contribution >= 0.6 is 11.8 Å². The Labute approximate surface area is 132 Å². The van der Waals surface area contributed by atoms with E-state index >= 15 is 0 Å². The summed E-state index contributed by atoms with van der Waals surface area (Å²) in [6.07, 6.45) is 4.80. The summed E-state index contributed by atoms with van der Waals surface area (Å²) < 4.78 is 14.6. The van der Waals surface area contributed by atoms with Gasteiger partial charge >= 0.3 is 0 Å². The van der Waals surface area contributed by atoms with Crippen molar-refractivity contribution in [3.63, 3.8) is 0 Å². The summed E-state index contributed by atoms with van der Waals surface area (Å²) in [6, 6.07) is 2.02. The molecule has 1 N–H and O–H groups in total. The van der Waals surface area contributed by atoms with Crippen molar-refractivity contribution >= 4 is 17.6 Å². The Morgan fingerprint density at radius 3 is 2.67 bits per heavy atom. The third kappa shape index (κ3) is 5.83. The number of halogens is 1. The summed E-state index contributed by atoms with van der Waals surface area (Å²) in [6.45, 7) is 8.84. The summed E-state index contributed by atoms with van der Waals surface area (Å²) in [4.78, 5) is 6.17. The predicted octanol–water partition coefficient (Wildman–Crippen LogP) is 3.69. The highest BCUT2D eigenvalue weighted by Gasteiger charge is 2.18. The maximum absolute atomic E-state index is 14.6. The van der Waals surface area contributed by atoms with E-state index < -0.39 is 0 Å². The van der Waals surface area contributed by atoms with Gasteiger partial charge in [0, 0.05) is 36.9 Å². The maximum Gasteiger partial charge on any atom is 0.170 e. The Balaban J connectivity index is 2.84. The molecule has 0 aliphatic carbocycles. The molecule has 5 heteroatoms. The van der Waals surface area contributed by atoms with E-state index in [-0.39, 0.29) is 17.4 Å². The van der Waals surface area contributed by atoms with E-state index in [0.717, 1.165) is 12.2 Å². The van der Waals surface area contributed by atoms with E-state index in [1.165, 1.54) is 0 Å². The zero-order valence-electron chi connectivity index (χ0n) is 14.0. The van der Waals surface area contributed by atoms with Gasteiger partial charge < -0.3 is 10.2 Å². The number of nitrogens with zero attached hydrogens (tertiary/aromatic N) is 2. The molecule has 120 valence electrons. The molecule has 1 heterocycles. The van der Waals surface area contributed by atoms with Gasteiger partial charge in [0.15, 0.2) is 11.6 Å². The summed E-state index contributed by atoms with van der Waals surface area (Å²) in [5.41, 5.74) is 0.631. The van der Waals surface area contributed by atoms with Gasteiger partial charge in [-0.15, -0.1) is 0 Å². The fraction of sp³-hybridized carbons (Fsp3) is 0.688. The van der Waals surface area contributed by atoms with Gasteiger partial charge in [-0.1, -0.05) is 0 Å². The van der Waals surface area contributed by atoms with Crippen LogP contribution in [0.15, 0.2) is 12.3 Å². The highest BCUT2D eigenvalue weighted by Crippen LogP contribution is 2.22. The Morgan fingerprint density at radius 2 is 2.10 bits per heavy atom. The maximum atomic E-state index is 14.6. The lowest BCUT2D eigenvalue weighted by atomic mass is 10.1. The van der Waals surface area contributed by atoms with Crippen LogP contribution in [0.25, 0.3) is 0 Å². The monoisotopic (exact) mass is 313 g/mol. The second kappa shape index (κ2) is 7.99. The zero-order chi connectivity index (χ0) is 16.0. The van der Waals surface area contributed by atoms with Crippen LogP contribution in [0.1, 0.15) is 39.7 Å². The van der Waals surface area contributed by atoms with Gasteiger partial charge in [0.1, 0.15) is 0 Å². The Hall–Kier alpha value is -0.810. The summed E-state index contributed by atoms with van der Waals surface area (Å²) >= 11 is 1.81. The first-order valence-corrected chi connectivity index (χ1v) is 8.76. The van der Waals surface area contributed by atoms with Crippen LogP contribution in [0, 0.1) is 5.82 Å². The quantitative estimate of drug-likeness (QED) is 0.831. The lowest BCUT2D eigenvalue weighted by Gasteiger charge is -2.27. The molecule has 0 saturated heterocycles. The molecular formula is C16H28FN3S. The molecule has 0 aliphatic heterocycles. The Kier molecular flexibility index (Phi) is 6.94. The average molecular weight is 313 g/mol. The van der Waals surface area contributed by atoms with Gasteiger partial charge in [0.2, 0.25) is 0 Å². The first-order valence-electron chi connectivity index (χ1n) is 7.36. The molecule has 0 aliphatic rings. The summed E-state index contributed by atoms with van der Waals surface area (Å²) in [7, 11) is 1.91. The number of rotatable bonds is 7. The molecule has 1 atom stereocenters. The molecule has 0 bridgehead atoms. The minimum atomic E-state index is -0.215. The number of aromatic nitrogens is 1. The summed E-state index contributed by atoms with van der Waals surface area (Å²) in [5.74, 6) is 1.29. The fourth-order valence-corrected chi connectivity index (χ4v) is 2.48. The lowest BCUT2D eigenvalue weighted by Crippen LogP contribution is -2.36. The molecule has 1 rings (SSSR count). The number of pyridine rings is 1. The van der Waals surface area contributed by atoms with E-state index in [4.69, 9.17) is 0 Å². The molecule has 0 spiro atoms. The van der Waals surface area contributed by atoms with Crippen molar-refractivity contribution in [2.24, 2.45) is 0 Å². The van der Waals surface area contributed by atoms with Gasteiger partial charge in [-0.25, -0.2) is 9.37 Å². The van der Waals surface area contributed by atoms with Gasteiger partial charge in [0.05, 0.1) is 0 Å². The second-order valence-corrected chi connectivity index (χ2v) is 7.44. The van der Waals surface area contributed by atoms with Gasteiger partial charge in [-0.05, 0) is 52.2 Å². The highest BCUT2D eigenvalue weighted by atomic mass is 32.2. The summed E-state index contributed by atoms with van der Waals surface area (Å²) in [5, 5.41) is 3.32. The van der Waals surface area contributed by atoms with Crippen molar-refractivity contribution in [1.29, 1.82) is 0 Å². The SMILES string of the molecule is CSCCC(C)N(C)c1nccc(CNC(C)(C)C)c1F. The molecule has 0 radical (unpaired) electrons. The standard InChI is InChI=1S/C16H28FN3S/c1-12(8-10-21-6)20(5)15-14(17)13(7-9-18-15)11-19-16(2,3)4/h7,9,12,19H,8,10-11H2,1-6H3. The molecule has 1 aromatic rings. The zero-order valence-corrected chi connectivity index (χ0v) is 14.9. The van der Waals surface area contributed by atoms with E-state index in [2.05, 4.69) is 44.3 Å². The molecule has 0 amide bonds. The topological polar surface area (TPSA) is 28.2 Å². The van der Waals surface area contributed by atoms with Crippen LogP contribution < -0.4 is 10.2 Å². The van der Waals surface area contributed by atoms with Gasteiger partial charge in [0.25, 0.3) is 0 Å². The Morgan fingerprint density at radius 1 is 1.43 bits per heavy atom. The first-order chi connectivity index (χ1) is 9.76. The number of nitrogens with one attached hydrogen (secondary N) is 1. The lowest BCUT2D eigenvalue weighted by molar-refractivity contribution is 0.418. The van der Waals surface area contributed by atoms with Gasteiger partial charge in [-0.3, -0.25) is 0 Å². The van der Waals surface area contributed by atoms with Crippen molar-refractivity contribution < 1.29 is 4.39 Å². The van der Waals surface area contributed by atoms with Crippen LogP contribution in [-0.4, -0.2) is 35.6 Å². The smallest absolute Gasteiger partial charge is 0.170 e. The number of thioether (sulfide) groups is 1. The normalized spacial score (nSPS) is 13.3. The van der Waals surface area contributed by atoms with Crippen LogP contribution in [0.3, 0.4) is 0 Å². The van der Waals surface area contributed by atoms with Crippen molar-refractivity contribution in [2.45, 2.75) is 52.2 Å². The van der Waals surface area contributed by atoms with Crippen LogP contribution in [0.2, 0.25) is 0 Å². The largest absolute Gasteiger partial charge is 0.355 e. The second-order valence-electron chi connectivity index (χ2n) is 6.45. The Bertz CT molecular complexity index is 446. The van der Waals surface area contributed by atoms with E-state index in [0.29, 0.717) is 17.9 Å². The first kappa shape index (κ1) is 18.2. The van der Waals surface area contributed by atoms with Gasteiger partial charge in [-0.2, -0.15) is 11.8 Å². The van der Waals surface area contributed by atoms with E-state index in [1.807, 2.05) is 23.7 Å². The molecule has 0 fully saturated rings. The van der Waals surface area contributed by atoms with E-state index in [9.17, 15) is 4.39 Å². The third-order valence-corrected chi connectivity index (χ3v) is 4.14. The van der Waals surface area contributed by atoms with E-state index in [1.54, 1.807) is 12.3 Å². The molecule has 21 heavy (non-hydrogen) atoms. The number of anilines is 1. The van der Waals surface area contributed by atoms with Crippen molar-refractivity contribution in [2.75, 3.05) is 24.0 Å². The highest BCUT2D eigenvalue weighted by molar-refractivity contribution is 7.98. The number of hydrogen-bond donors (Lipinski definition) is 1. The molecule has 3 nitrogen and oxygen atoms in total. The molecule has 0 saturated carbocycles. The molecule has 0 aromatic carbocycles. The van der Waals surface area contributed by atoms with Crippen LogP contribution in [0.5, 0.6) is 0 Å². The van der Waals surface area contributed by atoms with Crippen molar-refractivity contribution in [1.82, 2.24) is 10.3 Å². The van der Waals surface area contributed by atoms with Crippen molar-refractivity contribution in [3.8, 4) is 0 Å². The predicted molar refractivity (Wildman–Crippen MR) is 91.7 cm³/mol. The third-order valence-electron chi connectivity index (χ3n) is 3.49. The molecule has 1 aromatic heterocycles. The number of hydrogen-bond acceptors (Lipinski definition) is 4. The minimum Gasteiger partial charge on any atom is -0.355 e. The fourth-order valence-electron chi connectivity index (χ4n) is 1.90. The minimum absolute atomic E-state index is 0.0343. The van der Waals surface area contributed by atoms with Crippen molar-refractivity contribution in [3.05, 3.63) is 23.6 Å². The molecule has 1 unspecified atom stereocenters. The van der Waals surface area contributed by atoms with Crippen LogP contribution in [-0.2, 0) is 6.54 Å².